The van der Waals surface area contributed by atoms with Gasteiger partial charge in [-0.1, -0.05) is 26.0 Å². The number of hydrogen-bond acceptors (Lipinski definition) is 7. The molecule has 28 heavy (non-hydrogen) atoms. The van der Waals surface area contributed by atoms with Crippen molar-refractivity contribution in [2.24, 2.45) is 5.92 Å². The lowest BCUT2D eigenvalue weighted by molar-refractivity contribution is -0.162. The van der Waals surface area contributed by atoms with Crippen LogP contribution in [0.2, 0.25) is 0 Å². The van der Waals surface area contributed by atoms with Crippen LogP contribution in [0.3, 0.4) is 0 Å². The number of rotatable bonds is 10. The number of aromatic nitrogens is 1. The molecule has 0 aromatic carbocycles. The predicted octanol–water partition coefficient (Wildman–Crippen LogP) is 2.46. The minimum Gasteiger partial charge on any atom is -0.503 e. The van der Waals surface area contributed by atoms with Gasteiger partial charge in [-0.25, -0.2) is 9.78 Å². The molecule has 2 N–H and O–H groups in total. The summed E-state index contributed by atoms with van der Waals surface area (Å²) >= 11 is 0. The van der Waals surface area contributed by atoms with E-state index in [0.717, 1.165) is 5.57 Å². The number of pyridine rings is 1. The largest absolute Gasteiger partial charge is 0.503 e. The summed E-state index contributed by atoms with van der Waals surface area (Å²) in [6, 6.07) is 0.470. The zero-order valence-corrected chi connectivity index (χ0v) is 17.3. The molecule has 0 unspecified atom stereocenters. The van der Waals surface area contributed by atoms with E-state index in [9.17, 15) is 14.7 Å². The van der Waals surface area contributed by atoms with Crippen LogP contribution in [0.4, 0.5) is 0 Å². The first-order valence-corrected chi connectivity index (χ1v) is 9.07. The summed E-state index contributed by atoms with van der Waals surface area (Å²) in [7, 11) is 1.36. The summed E-state index contributed by atoms with van der Waals surface area (Å²) in [6.07, 6.45) is 0.494. The average Bonchev–Trinajstić information content (AvgIpc) is 2.63. The van der Waals surface area contributed by atoms with Crippen LogP contribution in [0, 0.1) is 5.92 Å². The van der Waals surface area contributed by atoms with Crippen molar-refractivity contribution in [1.29, 1.82) is 0 Å². The monoisotopic (exact) mass is 394 g/mol. The molecule has 3 atom stereocenters. The van der Waals surface area contributed by atoms with Crippen molar-refractivity contribution < 1.29 is 28.9 Å². The van der Waals surface area contributed by atoms with Gasteiger partial charge in [-0.15, -0.1) is 0 Å². The molecule has 1 amide bonds. The van der Waals surface area contributed by atoms with E-state index in [0.29, 0.717) is 6.61 Å². The first kappa shape index (κ1) is 23.4. The highest BCUT2D eigenvalue weighted by Gasteiger charge is 2.29. The molecule has 0 aliphatic heterocycles. The molecular weight excluding hydrogens is 364 g/mol. The molecule has 0 aliphatic carbocycles. The van der Waals surface area contributed by atoms with Crippen LogP contribution in [0.15, 0.2) is 24.4 Å². The maximum atomic E-state index is 12.5. The van der Waals surface area contributed by atoms with E-state index in [-0.39, 0.29) is 23.5 Å². The van der Waals surface area contributed by atoms with Crippen molar-refractivity contribution in [3.05, 3.63) is 30.1 Å². The van der Waals surface area contributed by atoms with Gasteiger partial charge in [0.05, 0.1) is 19.8 Å². The Kier molecular flexibility index (Phi) is 8.91. The zero-order chi connectivity index (χ0) is 21.4. The van der Waals surface area contributed by atoms with Crippen LogP contribution < -0.4 is 10.1 Å². The highest BCUT2D eigenvalue weighted by Crippen LogP contribution is 2.27. The molecular formula is C20H30N2O6. The van der Waals surface area contributed by atoms with E-state index in [2.05, 4.69) is 16.9 Å². The number of hydrogen-bond donors (Lipinski definition) is 2. The predicted molar refractivity (Wildman–Crippen MR) is 104 cm³/mol. The van der Waals surface area contributed by atoms with Gasteiger partial charge in [0, 0.05) is 12.3 Å². The minimum atomic E-state index is -0.950. The van der Waals surface area contributed by atoms with Gasteiger partial charge in [0.25, 0.3) is 5.91 Å². The second kappa shape index (κ2) is 10.7. The Hall–Kier alpha value is -2.61. The van der Waals surface area contributed by atoms with Gasteiger partial charge >= 0.3 is 5.97 Å². The Morgan fingerprint density at radius 1 is 1.29 bits per heavy atom. The fraction of sp³-hybridized carbons (Fsp3) is 0.550. The molecule has 0 radical (unpaired) electrons. The Bertz CT molecular complexity index is 704. The first-order valence-electron chi connectivity index (χ1n) is 9.07. The number of aromatic hydroxyl groups is 1. The molecule has 8 nitrogen and oxygen atoms in total. The number of carbonyl (C=O) groups excluding carboxylic acids is 2. The number of nitrogens with one attached hydrogen (secondary N) is 1. The van der Waals surface area contributed by atoms with E-state index < -0.39 is 29.8 Å². The molecule has 1 rings (SSSR count). The quantitative estimate of drug-likeness (QED) is 0.464. The topological polar surface area (TPSA) is 107 Å². The van der Waals surface area contributed by atoms with E-state index in [1.54, 1.807) is 0 Å². The van der Waals surface area contributed by atoms with E-state index in [4.69, 9.17) is 14.2 Å². The molecule has 156 valence electrons. The SMILES string of the molecule is C=C(C)CO[C@@H](C)[C@H](OC(=O)[C@H](C)NC(=O)c1nccc(OC)c1O)C(C)C. The van der Waals surface area contributed by atoms with Crippen LogP contribution in [0.1, 0.15) is 45.1 Å². The summed E-state index contributed by atoms with van der Waals surface area (Å²) < 4.78 is 16.2. The molecule has 8 heteroatoms. The lowest BCUT2D eigenvalue weighted by Gasteiger charge is -2.28. The lowest BCUT2D eigenvalue weighted by Crippen LogP contribution is -2.44. The minimum absolute atomic E-state index is 0.0102. The highest BCUT2D eigenvalue weighted by molar-refractivity contribution is 5.97. The molecule has 1 aromatic rings. The van der Waals surface area contributed by atoms with Crippen LogP contribution >= 0.6 is 0 Å². The lowest BCUT2D eigenvalue weighted by atomic mass is 10.0. The fourth-order valence-electron chi connectivity index (χ4n) is 2.47. The zero-order valence-electron chi connectivity index (χ0n) is 17.3. The number of carbonyl (C=O) groups is 2. The maximum Gasteiger partial charge on any atom is 0.328 e. The third-order valence-corrected chi connectivity index (χ3v) is 3.99. The molecule has 0 aliphatic rings. The summed E-state index contributed by atoms with van der Waals surface area (Å²) in [5.74, 6) is -1.60. The molecule has 1 heterocycles. The van der Waals surface area contributed by atoms with E-state index in [1.165, 1.54) is 26.3 Å². The smallest absolute Gasteiger partial charge is 0.328 e. The number of esters is 1. The van der Waals surface area contributed by atoms with Gasteiger partial charge < -0.3 is 24.6 Å². The van der Waals surface area contributed by atoms with Crippen molar-refractivity contribution in [2.45, 2.75) is 52.9 Å². The van der Waals surface area contributed by atoms with Gasteiger partial charge in [-0.3, -0.25) is 4.79 Å². The van der Waals surface area contributed by atoms with Gasteiger partial charge in [0.2, 0.25) is 0 Å². The van der Waals surface area contributed by atoms with Crippen LogP contribution in [0.5, 0.6) is 11.5 Å². The van der Waals surface area contributed by atoms with Crippen molar-refractivity contribution in [3.8, 4) is 11.5 Å². The first-order chi connectivity index (χ1) is 13.1. The maximum absolute atomic E-state index is 12.5. The van der Waals surface area contributed by atoms with E-state index in [1.807, 2.05) is 27.7 Å². The van der Waals surface area contributed by atoms with E-state index >= 15 is 0 Å². The fourth-order valence-corrected chi connectivity index (χ4v) is 2.47. The number of ether oxygens (including phenoxy) is 3. The Balaban J connectivity index is 2.77. The molecule has 1 aromatic heterocycles. The molecule has 0 saturated heterocycles. The molecule has 0 saturated carbocycles. The Morgan fingerprint density at radius 2 is 1.93 bits per heavy atom. The van der Waals surface area contributed by atoms with Gasteiger partial charge in [-0.2, -0.15) is 0 Å². The Morgan fingerprint density at radius 3 is 2.46 bits per heavy atom. The van der Waals surface area contributed by atoms with Crippen molar-refractivity contribution >= 4 is 11.9 Å². The standard InChI is InChI=1S/C20H30N2O6/c1-11(2)10-27-14(6)18(12(3)4)28-20(25)13(5)22-19(24)16-17(23)15(26-7)8-9-21-16/h8-9,12-14,18,23H,1,10H2,2-7H3,(H,22,24)/t13-,14-,18+/m0/s1. The second-order valence-corrected chi connectivity index (χ2v) is 7.02. The van der Waals surface area contributed by atoms with Crippen LogP contribution in [-0.4, -0.2) is 53.9 Å². The van der Waals surface area contributed by atoms with Crippen molar-refractivity contribution in [2.75, 3.05) is 13.7 Å². The Labute approximate surface area is 165 Å². The average molecular weight is 394 g/mol. The molecule has 0 bridgehead atoms. The van der Waals surface area contributed by atoms with Crippen LogP contribution in [-0.2, 0) is 14.3 Å². The number of amides is 1. The summed E-state index contributed by atoms with van der Waals surface area (Å²) in [5.41, 5.74) is 0.629. The third kappa shape index (κ3) is 6.53. The second-order valence-electron chi connectivity index (χ2n) is 7.02. The molecule has 0 fully saturated rings. The number of nitrogens with zero attached hydrogens (tertiary/aromatic N) is 1. The highest BCUT2D eigenvalue weighted by atomic mass is 16.6. The number of methoxy groups -OCH3 is 1. The van der Waals surface area contributed by atoms with Crippen molar-refractivity contribution in [3.63, 3.8) is 0 Å². The third-order valence-electron chi connectivity index (χ3n) is 3.99. The van der Waals surface area contributed by atoms with Crippen LogP contribution in [0.25, 0.3) is 0 Å². The summed E-state index contributed by atoms with van der Waals surface area (Å²) in [6.45, 7) is 13.2. The van der Waals surface area contributed by atoms with Crippen molar-refractivity contribution in [1.82, 2.24) is 10.3 Å². The van der Waals surface area contributed by atoms with Gasteiger partial charge in [0.1, 0.15) is 12.1 Å². The summed E-state index contributed by atoms with van der Waals surface area (Å²) in [5, 5.41) is 12.5. The summed E-state index contributed by atoms with van der Waals surface area (Å²) in [4.78, 5) is 28.6. The molecule has 0 spiro atoms. The normalized spacial score (nSPS) is 14.1. The van der Waals surface area contributed by atoms with Gasteiger partial charge in [0.15, 0.2) is 17.2 Å². The van der Waals surface area contributed by atoms with Gasteiger partial charge in [-0.05, 0) is 26.7 Å².